The number of aliphatic imine (C=N–C) groups is 1. The van der Waals surface area contributed by atoms with Gasteiger partial charge < -0.3 is 9.83 Å². The molecule has 2 aliphatic heterocycles. The Morgan fingerprint density at radius 3 is 2.76 bits per heavy atom. The summed E-state index contributed by atoms with van der Waals surface area (Å²) in [4.78, 5) is 18.7. The minimum atomic E-state index is -3.10. The third-order valence-electron chi connectivity index (χ3n) is 5.69. The van der Waals surface area contributed by atoms with Crippen molar-refractivity contribution >= 4 is 45.0 Å². The molecule has 0 fully saturated rings. The number of nitrogens with one attached hydrogen (secondary N) is 1. The molecule has 0 bridgehead atoms. The minimum Gasteiger partial charge on any atom is -0.369 e. The minimum absolute atomic E-state index is 0.0293. The number of carbonyl (C=O) groups is 1. The standard InChI is InChI=1S/C25H25ClFN3O3S/c1-25(2,3)15-6-5-7-17(9-8-15)34(4,33)29-19-11-10-18(26)21-22(19)24(32)30(23(21)31)20-14-16(27)12-13-28-20/h5,7-11,13-14,20,24,32H,4,12H2,1-3H3,(H,29,33). The summed E-state index contributed by atoms with van der Waals surface area (Å²) in [5.74, 6) is 2.82. The van der Waals surface area contributed by atoms with E-state index >= 15 is 0 Å². The lowest BCUT2D eigenvalue weighted by molar-refractivity contribution is 0.00683. The fraction of sp³-hybridized carbons (Fsp3) is 0.280. The van der Waals surface area contributed by atoms with Crippen LogP contribution in [-0.2, 0) is 9.71 Å². The van der Waals surface area contributed by atoms with Gasteiger partial charge in [-0.15, -0.1) is 5.73 Å². The second-order valence-corrected chi connectivity index (χ2v) is 11.6. The molecule has 34 heavy (non-hydrogen) atoms. The van der Waals surface area contributed by atoms with Gasteiger partial charge in [-0.2, -0.15) is 0 Å². The number of allylic oxidation sites excluding steroid dienone is 5. The highest BCUT2D eigenvalue weighted by molar-refractivity contribution is 8.05. The van der Waals surface area contributed by atoms with Gasteiger partial charge in [0.25, 0.3) is 5.91 Å². The maximum Gasteiger partial charge on any atom is 0.260 e. The number of aliphatic hydroxyl groups excluding tert-OH is 1. The third kappa shape index (κ3) is 4.42. The van der Waals surface area contributed by atoms with Crippen molar-refractivity contribution in [3.8, 4) is 0 Å². The summed E-state index contributed by atoms with van der Waals surface area (Å²) in [7, 11) is -3.10. The van der Waals surface area contributed by atoms with Crippen LogP contribution in [0.3, 0.4) is 0 Å². The first kappa shape index (κ1) is 24.2. The van der Waals surface area contributed by atoms with Crippen LogP contribution in [0.15, 0.2) is 69.5 Å². The maximum absolute atomic E-state index is 13.8. The summed E-state index contributed by atoms with van der Waals surface area (Å²) in [6.07, 6.45) is 6.97. The highest BCUT2D eigenvalue weighted by Gasteiger charge is 2.43. The molecular weight excluding hydrogens is 477 g/mol. The monoisotopic (exact) mass is 501 g/mol. The Hall–Kier alpha value is -2.90. The average Bonchev–Trinajstić information content (AvgIpc) is 2.90. The summed E-state index contributed by atoms with van der Waals surface area (Å²) in [6.45, 7) is 6.16. The zero-order valence-corrected chi connectivity index (χ0v) is 20.6. The number of amides is 1. The van der Waals surface area contributed by atoms with E-state index in [1.807, 2.05) is 6.08 Å². The van der Waals surface area contributed by atoms with Crippen molar-refractivity contribution in [2.75, 3.05) is 4.72 Å². The van der Waals surface area contributed by atoms with Crippen LogP contribution < -0.4 is 4.72 Å². The van der Waals surface area contributed by atoms with E-state index in [0.717, 1.165) is 10.5 Å². The first-order chi connectivity index (χ1) is 15.9. The SMILES string of the molecule is C=S(=O)(Nc1ccc(Cl)c2c1C(O)N(C1C=C(F)CC=N1)C2=O)C1=CC=C=C(C(C)(C)C)C=C1. The van der Waals surface area contributed by atoms with Crippen molar-refractivity contribution in [1.29, 1.82) is 0 Å². The molecule has 0 saturated heterocycles. The number of rotatable bonds is 4. The topological polar surface area (TPSA) is 82.0 Å². The van der Waals surface area contributed by atoms with E-state index < -0.39 is 33.8 Å². The first-order valence-electron chi connectivity index (χ1n) is 10.6. The van der Waals surface area contributed by atoms with E-state index in [-0.39, 0.29) is 33.7 Å². The van der Waals surface area contributed by atoms with Gasteiger partial charge in [-0.25, -0.2) is 8.60 Å². The van der Waals surface area contributed by atoms with Crippen LogP contribution in [0.2, 0.25) is 5.02 Å². The molecular formula is C25H25ClFN3O3S. The first-order valence-corrected chi connectivity index (χ1v) is 12.7. The molecule has 0 spiro atoms. The third-order valence-corrected chi connectivity index (χ3v) is 7.59. The number of anilines is 1. The molecule has 3 atom stereocenters. The number of hydrogen-bond donors (Lipinski definition) is 2. The van der Waals surface area contributed by atoms with E-state index in [1.165, 1.54) is 24.4 Å². The molecule has 1 aromatic rings. The Labute approximate surface area is 203 Å². The normalized spacial score (nSPS) is 23.6. The summed E-state index contributed by atoms with van der Waals surface area (Å²) in [5, 5.41) is 11.2. The van der Waals surface area contributed by atoms with Crippen LogP contribution in [0.25, 0.3) is 0 Å². The smallest absolute Gasteiger partial charge is 0.260 e. The van der Waals surface area contributed by atoms with Crippen LogP contribution in [0, 0.1) is 5.41 Å². The number of carbonyl (C=O) groups excluding carboxylic acids is 1. The summed E-state index contributed by atoms with van der Waals surface area (Å²) in [6, 6.07) is 3.01. The van der Waals surface area contributed by atoms with Gasteiger partial charge in [0.05, 0.1) is 30.9 Å². The van der Waals surface area contributed by atoms with Gasteiger partial charge >= 0.3 is 0 Å². The highest BCUT2D eigenvalue weighted by atomic mass is 35.5. The molecule has 3 unspecified atom stereocenters. The molecule has 1 amide bonds. The molecule has 3 aliphatic rings. The lowest BCUT2D eigenvalue weighted by atomic mass is 9.87. The Balaban J connectivity index is 1.69. The van der Waals surface area contributed by atoms with Crippen molar-refractivity contribution in [2.45, 2.75) is 39.6 Å². The van der Waals surface area contributed by atoms with Gasteiger partial charge in [-0.05, 0) is 59.4 Å². The van der Waals surface area contributed by atoms with E-state index in [9.17, 15) is 18.5 Å². The second-order valence-electron chi connectivity index (χ2n) is 9.19. The van der Waals surface area contributed by atoms with Gasteiger partial charge in [0.1, 0.15) is 12.0 Å². The van der Waals surface area contributed by atoms with E-state index in [0.29, 0.717) is 4.91 Å². The van der Waals surface area contributed by atoms with Crippen LogP contribution in [-0.4, -0.2) is 38.4 Å². The Morgan fingerprint density at radius 1 is 1.35 bits per heavy atom. The maximum atomic E-state index is 13.8. The fourth-order valence-electron chi connectivity index (χ4n) is 3.89. The molecule has 1 aliphatic carbocycles. The zero-order chi connectivity index (χ0) is 24.8. The number of aliphatic hydroxyl groups is 1. The summed E-state index contributed by atoms with van der Waals surface area (Å²) in [5.41, 5.74) is 4.40. The zero-order valence-electron chi connectivity index (χ0n) is 19.0. The van der Waals surface area contributed by atoms with Crippen molar-refractivity contribution in [1.82, 2.24) is 4.90 Å². The molecule has 2 N–H and O–H groups in total. The van der Waals surface area contributed by atoms with E-state index in [2.05, 4.69) is 42.1 Å². The number of hydrogen-bond acceptors (Lipinski definition) is 4. The Morgan fingerprint density at radius 2 is 2.09 bits per heavy atom. The summed E-state index contributed by atoms with van der Waals surface area (Å²) >= 11 is 6.30. The van der Waals surface area contributed by atoms with Crippen molar-refractivity contribution < 1.29 is 18.5 Å². The molecule has 178 valence electrons. The Bertz CT molecular complexity index is 1360. The Kier molecular flexibility index (Phi) is 6.21. The van der Waals surface area contributed by atoms with Gasteiger partial charge in [0.2, 0.25) is 0 Å². The quantitative estimate of drug-likeness (QED) is 0.446. The number of nitrogens with zero attached hydrogens (tertiary/aromatic N) is 2. The van der Waals surface area contributed by atoms with Gasteiger partial charge in [-0.1, -0.05) is 32.4 Å². The van der Waals surface area contributed by atoms with E-state index in [1.54, 1.807) is 18.2 Å². The number of halogens is 2. The average molecular weight is 502 g/mol. The van der Waals surface area contributed by atoms with Crippen molar-refractivity contribution in [3.63, 3.8) is 0 Å². The van der Waals surface area contributed by atoms with Crippen LogP contribution in [0.1, 0.15) is 49.3 Å². The predicted octanol–water partition coefficient (Wildman–Crippen LogP) is 5.07. The largest absolute Gasteiger partial charge is 0.369 e. The lowest BCUT2D eigenvalue weighted by Gasteiger charge is -2.27. The van der Waals surface area contributed by atoms with Gasteiger partial charge in [0.15, 0.2) is 6.23 Å². The van der Waals surface area contributed by atoms with Crippen LogP contribution in [0.5, 0.6) is 0 Å². The number of fused-ring (bicyclic) bond motifs is 1. The molecule has 9 heteroatoms. The molecule has 0 saturated carbocycles. The highest BCUT2D eigenvalue weighted by Crippen LogP contribution is 2.43. The predicted molar refractivity (Wildman–Crippen MR) is 136 cm³/mol. The summed E-state index contributed by atoms with van der Waals surface area (Å²) < 4.78 is 30.4. The van der Waals surface area contributed by atoms with Crippen molar-refractivity contribution in [3.05, 3.63) is 80.7 Å². The van der Waals surface area contributed by atoms with Crippen LogP contribution in [0.4, 0.5) is 10.1 Å². The number of dihydropyridines is 1. The molecule has 6 nitrogen and oxygen atoms in total. The molecule has 4 rings (SSSR count). The molecule has 2 heterocycles. The molecule has 0 radical (unpaired) electrons. The van der Waals surface area contributed by atoms with E-state index in [4.69, 9.17) is 11.6 Å². The van der Waals surface area contributed by atoms with Gasteiger partial charge in [0, 0.05) is 18.2 Å². The second kappa shape index (κ2) is 8.71. The fourth-order valence-corrected chi connectivity index (χ4v) is 5.36. The van der Waals surface area contributed by atoms with Gasteiger partial charge in [-0.3, -0.25) is 14.7 Å². The molecule has 0 aromatic heterocycles. The number of benzene rings is 1. The van der Waals surface area contributed by atoms with Crippen LogP contribution >= 0.6 is 11.6 Å². The van der Waals surface area contributed by atoms with Crippen molar-refractivity contribution in [2.24, 2.45) is 10.4 Å². The molecule has 1 aromatic carbocycles. The lowest BCUT2D eigenvalue weighted by Crippen LogP contribution is -2.37.